The number of thiophene rings is 1. The van der Waals surface area contributed by atoms with Crippen LogP contribution in [0.1, 0.15) is 23.8 Å². The molecule has 0 spiro atoms. The highest BCUT2D eigenvalue weighted by Gasteiger charge is 2.30. The molecule has 0 aliphatic carbocycles. The average Bonchev–Trinajstić information content (AvgIpc) is 3.17. The zero-order valence-corrected chi connectivity index (χ0v) is 13.9. The number of nitrogens with zero attached hydrogens (tertiary/aromatic N) is 3. The summed E-state index contributed by atoms with van der Waals surface area (Å²) >= 11 is 13.2. The lowest BCUT2D eigenvalue weighted by atomic mass is 10.2. The van der Waals surface area contributed by atoms with Crippen molar-refractivity contribution in [3.8, 4) is 0 Å². The minimum atomic E-state index is -0.547. The summed E-state index contributed by atoms with van der Waals surface area (Å²) in [6.07, 6.45) is 3.17. The maximum absolute atomic E-state index is 12.5. The highest BCUT2D eigenvalue weighted by atomic mass is 35.5. The fraction of sp³-hybridized carbons (Fsp3) is 0.357. The van der Waals surface area contributed by atoms with E-state index in [1.54, 1.807) is 11.3 Å². The Morgan fingerprint density at radius 1 is 1.45 bits per heavy atom. The molecular weight excluding hydrogens is 345 g/mol. The highest BCUT2D eigenvalue weighted by Crippen LogP contribution is 2.34. The van der Waals surface area contributed by atoms with E-state index in [1.807, 2.05) is 22.4 Å². The molecule has 3 rings (SSSR count). The van der Waals surface area contributed by atoms with Crippen LogP contribution in [0, 0.1) is 0 Å². The van der Waals surface area contributed by atoms with Gasteiger partial charge in [0.1, 0.15) is 11.6 Å². The third kappa shape index (κ3) is 2.91. The Kier molecular flexibility index (Phi) is 4.52. The second-order valence-electron chi connectivity index (χ2n) is 5.03. The Morgan fingerprint density at radius 3 is 3.00 bits per heavy atom. The Hall–Kier alpha value is -1.37. The van der Waals surface area contributed by atoms with Crippen molar-refractivity contribution in [1.29, 1.82) is 0 Å². The molecule has 3 heterocycles. The van der Waals surface area contributed by atoms with Gasteiger partial charge in [0.05, 0.1) is 17.3 Å². The lowest BCUT2D eigenvalue weighted by Crippen LogP contribution is -2.37. The van der Waals surface area contributed by atoms with Crippen LogP contribution < -0.4 is 5.56 Å². The van der Waals surface area contributed by atoms with E-state index in [0.717, 1.165) is 17.5 Å². The first kappa shape index (κ1) is 15.5. The van der Waals surface area contributed by atoms with Crippen LogP contribution >= 0.6 is 34.5 Å². The first-order valence-electron chi connectivity index (χ1n) is 6.82. The first-order chi connectivity index (χ1) is 10.6. The molecule has 5 nitrogen and oxygen atoms in total. The van der Waals surface area contributed by atoms with Crippen LogP contribution in [0.4, 0.5) is 0 Å². The number of hydrogen-bond donors (Lipinski definition) is 0. The maximum atomic E-state index is 12.5. The van der Waals surface area contributed by atoms with Crippen LogP contribution in [-0.2, 0) is 11.3 Å². The van der Waals surface area contributed by atoms with E-state index in [1.165, 1.54) is 11.1 Å². The van der Waals surface area contributed by atoms with Crippen molar-refractivity contribution in [2.24, 2.45) is 0 Å². The van der Waals surface area contributed by atoms with Crippen molar-refractivity contribution < 1.29 is 4.79 Å². The van der Waals surface area contributed by atoms with Gasteiger partial charge in [-0.1, -0.05) is 29.3 Å². The number of amides is 1. The Bertz CT molecular complexity index is 745. The SMILES string of the molecule is O=C(Cn1ncc(Cl)c(Cl)c1=O)N1CCC[C@@H]1c1cccs1. The van der Waals surface area contributed by atoms with Gasteiger partial charge in [-0.15, -0.1) is 11.3 Å². The number of halogens is 2. The summed E-state index contributed by atoms with van der Waals surface area (Å²) in [5, 5.41) is 5.86. The second-order valence-corrected chi connectivity index (χ2v) is 6.79. The average molecular weight is 358 g/mol. The quantitative estimate of drug-likeness (QED) is 0.848. The zero-order valence-electron chi connectivity index (χ0n) is 11.5. The Labute approximate surface area is 141 Å². The fourth-order valence-corrected chi connectivity index (χ4v) is 3.76. The Morgan fingerprint density at radius 2 is 2.27 bits per heavy atom. The molecule has 2 aromatic rings. The molecule has 0 saturated carbocycles. The molecule has 1 aliphatic heterocycles. The van der Waals surface area contributed by atoms with Crippen LogP contribution in [-0.4, -0.2) is 27.1 Å². The Balaban J connectivity index is 1.80. The van der Waals surface area contributed by atoms with Gasteiger partial charge in [0.2, 0.25) is 5.91 Å². The predicted molar refractivity (Wildman–Crippen MR) is 86.5 cm³/mol. The lowest BCUT2D eigenvalue weighted by molar-refractivity contribution is -0.133. The molecule has 116 valence electrons. The van der Waals surface area contributed by atoms with Gasteiger partial charge in [-0.25, -0.2) is 4.68 Å². The number of likely N-dealkylation sites (tertiary alicyclic amines) is 1. The molecule has 0 radical (unpaired) electrons. The van der Waals surface area contributed by atoms with Crippen LogP contribution in [0.5, 0.6) is 0 Å². The van der Waals surface area contributed by atoms with Gasteiger partial charge in [0.25, 0.3) is 5.56 Å². The minimum Gasteiger partial charge on any atom is -0.333 e. The molecule has 1 aliphatic rings. The van der Waals surface area contributed by atoms with Gasteiger partial charge < -0.3 is 4.90 Å². The van der Waals surface area contributed by atoms with Crippen molar-refractivity contribution in [1.82, 2.24) is 14.7 Å². The molecule has 1 amide bonds. The smallest absolute Gasteiger partial charge is 0.287 e. The standard InChI is InChI=1S/C14H13Cl2N3O2S/c15-9-7-17-19(14(21)13(9)16)8-12(20)18-5-1-3-10(18)11-4-2-6-22-11/h2,4,6-7,10H,1,3,5,8H2/t10-/m1/s1. The molecule has 8 heteroatoms. The van der Waals surface area contributed by atoms with E-state index in [2.05, 4.69) is 5.10 Å². The van der Waals surface area contributed by atoms with Crippen molar-refractivity contribution in [2.45, 2.75) is 25.4 Å². The maximum Gasteiger partial charge on any atom is 0.287 e. The molecule has 0 unspecified atom stereocenters. The highest BCUT2D eigenvalue weighted by molar-refractivity contribution is 7.10. The molecule has 1 atom stereocenters. The summed E-state index contributed by atoms with van der Waals surface area (Å²) in [7, 11) is 0. The third-order valence-electron chi connectivity index (χ3n) is 3.67. The van der Waals surface area contributed by atoms with Gasteiger partial charge in [-0.05, 0) is 24.3 Å². The molecule has 1 saturated heterocycles. The molecule has 0 bridgehead atoms. The number of hydrogen-bond acceptors (Lipinski definition) is 4. The van der Waals surface area contributed by atoms with Gasteiger partial charge in [-0.2, -0.15) is 5.10 Å². The summed E-state index contributed by atoms with van der Waals surface area (Å²) in [6, 6.07) is 4.10. The second kappa shape index (κ2) is 6.40. The summed E-state index contributed by atoms with van der Waals surface area (Å²) in [5.74, 6) is -0.135. The molecule has 2 aromatic heterocycles. The summed E-state index contributed by atoms with van der Waals surface area (Å²) < 4.78 is 1.06. The van der Waals surface area contributed by atoms with Crippen molar-refractivity contribution >= 4 is 40.4 Å². The van der Waals surface area contributed by atoms with E-state index >= 15 is 0 Å². The molecular formula is C14H13Cl2N3O2S. The van der Waals surface area contributed by atoms with E-state index in [4.69, 9.17) is 23.2 Å². The van der Waals surface area contributed by atoms with E-state index in [0.29, 0.717) is 6.54 Å². The molecule has 1 fully saturated rings. The van der Waals surface area contributed by atoms with Crippen molar-refractivity contribution in [3.63, 3.8) is 0 Å². The normalized spacial score (nSPS) is 17.9. The van der Waals surface area contributed by atoms with Crippen LogP contribution in [0.3, 0.4) is 0 Å². The van der Waals surface area contributed by atoms with E-state index < -0.39 is 5.56 Å². The minimum absolute atomic E-state index is 0.0889. The molecule has 0 aromatic carbocycles. The summed E-state index contributed by atoms with van der Waals surface area (Å²) in [6.45, 7) is 0.565. The zero-order chi connectivity index (χ0) is 15.7. The summed E-state index contributed by atoms with van der Waals surface area (Å²) in [4.78, 5) is 27.5. The molecule has 22 heavy (non-hydrogen) atoms. The van der Waals surface area contributed by atoms with Gasteiger partial charge in [0.15, 0.2) is 0 Å². The van der Waals surface area contributed by atoms with Crippen LogP contribution in [0.15, 0.2) is 28.5 Å². The van der Waals surface area contributed by atoms with Gasteiger partial charge in [0, 0.05) is 11.4 Å². The number of carbonyl (C=O) groups excluding carboxylic acids is 1. The van der Waals surface area contributed by atoms with Crippen LogP contribution in [0.25, 0.3) is 0 Å². The first-order valence-corrected chi connectivity index (χ1v) is 8.45. The summed E-state index contributed by atoms with van der Waals surface area (Å²) in [5.41, 5.74) is -0.547. The predicted octanol–water partition coefficient (Wildman–Crippen LogP) is 2.98. The van der Waals surface area contributed by atoms with E-state index in [9.17, 15) is 9.59 Å². The largest absolute Gasteiger partial charge is 0.333 e. The van der Waals surface area contributed by atoms with Crippen molar-refractivity contribution in [3.05, 3.63) is 49.0 Å². The number of rotatable bonds is 3. The van der Waals surface area contributed by atoms with Gasteiger partial charge >= 0.3 is 0 Å². The number of aromatic nitrogens is 2. The third-order valence-corrected chi connectivity index (χ3v) is 5.39. The monoisotopic (exact) mass is 357 g/mol. The van der Waals surface area contributed by atoms with Gasteiger partial charge in [-0.3, -0.25) is 9.59 Å². The van der Waals surface area contributed by atoms with E-state index in [-0.39, 0.29) is 28.5 Å². The number of carbonyl (C=O) groups is 1. The topological polar surface area (TPSA) is 55.2 Å². The molecule has 0 N–H and O–H groups in total. The van der Waals surface area contributed by atoms with Crippen molar-refractivity contribution in [2.75, 3.05) is 6.54 Å². The van der Waals surface area contributed by atoms with Crippen LogP contribution in [0.2, 0.25) is 10.0 Å². The fourth-order valence-electron chi connectivity index (χ4n) is 2.62. The lowest BCUT2D eigenvalue weighted by Gasteiger charge is -2.24.